The molecule has 4 heteroatoms. The van der Waals surface area contributed by atoms with Crippen LogP contribution in [0.2, 0.25) is 5.02 Å². The van der Waals surface area contributed by atoms with Crippen LogP contribution in [0.1, 0.15) is 31.7 Å². The Hall–Kier alpha value is -0.440. The van der Waals surface area contributed by atoms with E-state index >= 15 is 0 Å². The molecule has 0 amide bonds. The number of hydrogen-bond acceptors (Lipinski definition) is 2. The van der Waals surface area contributed by atoms with Crippen molar-refractivity contribution in [3.8, 4) is 0 Å². The molecule has 0 bridgehead atoms. The number of nitrogens with zero attached hydrogens (tertiary/aromatic N) is 1. The Morgan fingerprint density at radius 3 is 3.00 bits per heavy atom. The van der Waals surface area contributed by atoms with E-state index in [1.165, 1.54) is 12.1 Å². The minimum atomic E-state index is 0.340. The van der Waals surface area contributed by atoms with Gasteiger partial charge in [0, 0.05) is 36.3 Å². The van der Waals surface area contributed by atoms with Gasteiger partial charge in [-0.3, -0.25) is 0 Å². The minimum Gasteiger partial charge on any atom is -0.376 e. The highest BCUT2D eigenvalue weighted by Gasteiger charge is 2.22. The normalized spacial score (nSPS) is 19.7. The Labute approximate surface area is 125 Å². The number of hydrogen-bond donors (Lipinski definition) is 0. The van der Waals surface area contributed by atoms with Gasteiger partial charge < -0.3 is 9.64 Å². The van der Waals surface area contributed by atoms with Gasteiger partial charge >= 0.3 is 0 Å². The first-order chi connectivity index (χ1) is 9.24. The number of halogens is 2. The highest BCUT2D eigenvalue weighted by molar-refractivity contribution is 6.30. The van der Waals surface area contributed by atoms with Crippen LogP contribution in [-0.2, 0) is 10.6 Å². The van der Waals surface area contributed by atoms with Crippen molar-refractivity contribution in [2.24, 2.45) is 0 Å². The predicted molar refractivity (Wildman–Crippen MR) is 82.5 cm³/mol. The molecule has 0 aromatic heterocycles. The highest BCUT2D eigenvalue weighted by atomic mass is 35.5. The SMILES string of the molecule is CCCOC1CCCN(c2ccc(Cl)cc2CCl)C1. The molecule has 0 N–H and O–H groups in total. The zero-order valence-corrected chi connectivity index (χ0v) is 12.9. The molecule has 0 saturated carbocycles. The van der Waals surface area contributed by atoms with Crippen LogP contribution in [0.3, 0.4) is 0 Å². The van der Waals surface area contributed by atoms with E-state index in [9.17, 15) is 0 Å². The minimum absolute atomic E-state index is 0.340. The van der Waals surface area contributed by atoms with Crippen LogP contribution in [-0.4, -0.2) is 25.8 Å². The largest absolute Gasteiger partial charge is 0.376 e. The molecule has 2 nitrogen and oxygen atoms in total. The molecule has 1 fully saturated rings. The molecule has 19 heavy (non-hydrogen) atoms. The quantitative estimate of drug-likeness (QED) is 0.744. The fourth-order valence-electron chi connectivity index (χ4n) is 2.55. The number of piperidine rings is 1. The van der Waals surface area contributed by atoms with E-state index < -0.39 is 0 Å². The van der Waals surface area contributed by atoms with E-state index in [-0.39, 0.29) is 0 Å². The van der Waals surface area contributed by atoms with E-state index in [1.807, 2.05) is 12.1 Å². The topological polar surface area (TPSA) is 12.5 Å². The van der Waals surface area contributed by atoms with Gasteiger partial charge in [0.1, 0.15) is 0 Å². The van der Waals surface area contributed by atoms with Crippen molar-refractivity contribution in [2.45, 2.75) is 38.2 Å². The van der Waals surface area contributed by atoms with Crippen LogP contribution in [0.25, 0.3) is 0 Å². The molecule has 2 rings (SSSR count). The number of ether oxygens (including phenoxy) is 1. The van der Waals surface area contributed by atoms with Crippen LogP contribution in [0.4, 0.5) is 5.69 Å². The van der Waals surface area contributed by atoms with Gasteiger partial charge in [-0.05, 0) is 43.0 Å². The molecule has 1 unspecified atom stereocenters. The Morgan fingerprint density at radius 2 is 2.26 bits per heavy atom. The summed E-state index contributed by atoms with van der Waals surface area (Å²) in [5.41, 5.74) is 2.30. The lowest BCUT2D eigenvalue weighted by molar-refractivity contribution is 0.0440. The van der Waals surface area contributed by atoms with Crippen LogP contribution >= 0.6 is 23.2 Å². The van der Waals surface area contributed by atoms with Crippen LogP contribution in [0, 0.1) is 0 Å². The number of anilines is 1. The first kappa shape index (κ1) is 15.0. The van der Waals surface area contributed by atoms with Crippen molar-refractivity contribution < 1.29 is 4.74 Å². The zero-order valence-electron chi connectivity index (χ0n) is 11.4. The van der Waals surface area contributed by atoms with Gasteiger partial charge in [0.25, 0.3) is 0 Å². The van der Waals surface area contributed by atoms with Gasteiger partial charge in [0.05, 0.1) is 6.10 Å². The Balaban J connectivity index is 2.08. The maximum absolute atomic E-state index is 6.03. The van der Waals surface area contributed by atoms with E-state index in [0.29, 0.717) is 12.0 Å². The van der Waals surface area contributed by atoms with Crippen molar-refractivity contribution >= 4 is 28.9 Å². The monoisotopic (exact) mass is 301 g/mol. The summed E-state index contributed by atoms with van der Waals surface area (Å²) in [7, 11) is 0. The molecule has 1 aromatic carbocycles. The van der Waals surface area contributed by atoms with Gasteiger partial charge in [0.2, 0.25) is 0 Å². The Kier molecular flexibility index (Phi) is 5.80. The maximum Gasteiger partial charge on any atom is 0.0750 e. The Bertz CT molecular complexity index is 411. The smallest absolute Gasteiger partial charge is 0.0750 e. The lowest BCUT2D eigenvalue weighted by Gasteiger charge is -2.35. The van der Waals surface area contributed by atoms with Gasteiger partial charge in [0.15, 0.2) is 0 Å². The second-order valence-corrected chi connectivity index (χ2v) is 5.69. The summed E-state index contributed by atoms with van der Waals surface area (Å²) in [6.45, 7) is 5.01. The molecule has 1 atom stereocenters. The zero-order chi connectivity index (χ0) is 13.7. The van der Waals surface area contributed by atoms with Crippen molar-refractivity contribution in [3.05, 3.63) is 28.8 Å². The molecule has 1 aliphatic rings. The molecule has 0 spiro atoms. The second-order valence-electron chi connectivity index (χ2n) is 4.99. The summed E-state index contributed by atoms with van der Waals surface area (Å²) in [5, 5.41) is 0.746. The van der Waals surface area contributed by atoms with E-state index in [2.05, 4.69) is 17.9 Å². The molecular formula is C15H21Cl2NO. The molecule has 1 aliphatic heterocycles. The summed E-state index contributed by atoms with van der Waals surface area (Å²) in [5.74, 6) is 0.493. The van der Waals surface area contributed by atoms with Crippen LogP contribution < -0.4 is 4.90 Å². The third kappa shape index (κ3) is 4.01. The fraction of sp³-hybridized carbons (Fsp3) is 0.600. The van der Waals surface area contributed by atoms with E-state index in [4.69, 9.17) is 27.9 Å². The lowest BCUT2D eigenvalue weighted by Crippen LogP contribution is -2.40. The van der Waals surface area contributed by atoms with E-state index in [1.54, 1.807) is 0 Å². The van der Waals surface area contributed by atoms with Crippen LogP contribution in [0.15, 0.2) is 18.2 Å². The molecule has 1 heterocycles. The van der Waals surface area contributed by atoms with Gasteiger partial charge in [-0.25, -0.2) is 0 Å². The average molecular weight is 302 g/mol. The summed E-state index contributed by atoms with van der Waals surface area (Å²) in [6.07, 6.45) is 3.73. The molecule has 0 radical (unpaired) electrons. The van der Waals surface area contributed by atoms with Crippen molar-refractivity contribution in [3.63, 3.8) is 0 Å². The first-order valence-corrected chi connectivity index (χ1v) is 7.86. The van der Waals surface area contributed by atoms with Crippen LogP contribution in [0.5, 0.6) is 0 Å². The van der Waals surface area contributed by atoms with Gasteiger partial charge in [-0.15, -0.1) is 11.6 Å². The molecular weight excluding hydrogens is 281 g/mol. The summed E-state index contributed by atoms with van der Waals surface area (Å²) in [4.78, 5) is 2.37. The number of benzene rings is 1. The number of alkyl halides is 1. The first-order valence-electron chi connectivity index (χ1n) is 6.95. The Morgan fingerprint density at radius 1 is 1.42 bits per heavy atom. The summed E-state index contributed by atoms with van der Waals surface area (Å²) >= 11 is 12.1. The lowest BCUT2D eigenvalue weighted by atomic mass is 10.1. The third-order valence-electron chi connectivity index (χ3n) is 3.46. The van der Waals surface area contributed by atoms with Crippen molar-refractivity contribution in [2.75, 3.05) is 24.6 Å². The summed E-state index contributed by atoms with van der Waals surface area (Å²) in [6, 6.07) is 5.96. The van der Waals surface area contributed by atoms with Gasteiger partial charge in [-0.1, -0.05) is 18.5 Å². The average Bonchev–Trinajstić information content (AvgIpc) is 2.45. The standard InChI is InChI=1S/C15H21Cl2NO/c1-2-8-19-14-4-3-7-18(11-14)15-6-5-13(17)9-12(15)10-16/h5-6,9,14H,2-4,7-8,10-11H2,1H3. The summed E-state index contributed by atoms with van der Waals surface area (Å²) < 4.78 is 5.88. The van der Waals surface area contributed by atoms with Crippen molar-refractivity contribution in [1.29, 1.82) is 0 Å². The van der Waals surface area contributed by atoms with Gasteiger partial charge in [-0.2, -0.15) is 0 Å². The predicted octanol–water partition coefficient (Wildman–Crippen LogP) is 4.47. The number of rotatable bonds is 5. The maximum atomic E-state index is 6.03. The molecule has 106 valence electrons. The third-order valence-corrected chi connectivity index (χ3v) is 3.99. The fourth-order valence-corrected chi connectivity index (χ4v) is 2.96. The molecule has 1 aromatic rings. The van der Waals surface area contributed by atoms with Crippen molar-refractivity contribution in [1.82, 2.24) is 0 Å². The van der Waals surface area contributed by atoms with E-state index in [0.717, 1.165) is 43.1 Å². The molecule has 0 aliphatic carbocycles. The molecule has 1 saturated heterocycles. The highest BCUT2D eigenvalue weighted by Crippen LogP contribution is 2.28. The second kappa shape index (κ2) is 7.37.